The van der Waals surface area contributed by atoms with Crippen molar-refractivity contribution >= 4 is 29.1 Å². The molecule has 0 aliphatic heterocycles. The lowest BCUT2D eigenvalue weighted by Crippen LogP contribution is -2.39. The van der Waals surface area contributed by atoms with E-state index in [1.165, 1.54) is 0 Å². The summed E-state index contributed by atoms with van der Waals surface area (Å²) in [6.07, 6.45) is 2.94. The molecule has 0 aliphatic rings. The highest BCUT2D eigenvalue weighted by atomic mass is 35.5. The van der Waals surface area contributed by atoms with Gasteiger partial charge in [0.05, 0.1) is 5.56 Å². The quantitative estimate of drug-likeness (QED) is 0.728. The maximum Gasteiger partial charge on any atom is 0.257 e. The summed E-state index contributed by atoms with van der Waals surface area (Å²) < 4.78 is 0. The number of unbranched alkanes of at least 4 members (excludes halogenated alkanes) is 1. The van der Waals surface area contributed by atoms with E-state index in [0.717, 1.165) is 25.8 Å². The Kier molecular flexibility index (Phi) is 6.59. The summed E-state index contributed by atoms with van der Waals surface area (Å²) in [6, 6.07) is 3.42. The molecule has 0 spiro atoms. The minimum Gasteiger partial charge on any atom is -0.336 e. The molecule has 0 saturated carbocycles. The molecule has 5 heteroatoms. The third kappa shape index (κ3) is 4.36. The van der Waals surface area contributed by atoms with Crippen molar-refractivity contribution in [2.45, 2.75) is 46.1 Å². The van der Waals surface area contributed by atoms with Gasteiger partial charge in [-0.3, -0.25) is 4.79 Å². The van der Waals surface area contributed by atoms with Crippen LogP contribution in [0.4, 0.5) is 0 Å². The molecule has 1 atom stereocenters. The molecule has 1 aromatic heterocycles. The first-order chi connectivity index (χ1) is 9.01. The highest BCUT2D eigenvalue weighted by Gasteiger charge is 2.22. The summed E-state index contributed by atoms with van der Waals surface area (Å²) in [5.74, 6) is -0.0723. The van der Waals surface area contributed by atoms with Crippen LogP contribution in [0.15, 0.2) is 12.1 Å². The van der Waals surface area contributed by atoms with E-state index in [-0.39, 0.29) is 17.1 Å². The van der Waals surface area contributed by atoms with Crippen LogP contribution >= 0.6 is 23.2 Å². The van der Waals surface area contributed by atoms with Crippen LogP contribution in [0.25, 0.3) is 0 Å². The van der Waals surface area contributed by atoms with E-state index in [4.69, 9.17) is 23.2 Å². The van der Waals surface area contributed by atoms with Crippen molar-refractivity contribution in [1.29, 1.82) is 0 Å². The first-order valence-corrected chi connectivity index (χ1v) is 7.39. The molecule has 1 heterocycles. The fourth-order valence-electron chi connectivity index (χ4n) is 1.80. The number of carbonyl (C=O) groups is 1. The van der Waals surface area contributed by atoms with Gasteiger partial charge in [0.15, 0.2) is 0 Å². The number of pyridine rings is 1. The highest BCUT2D eigenvalue weighted by molar-refractivity contribution is 6.34. The molecule has 1 rings (SSSR count). The molecular formula is C14H20Cl2N2O. The first kappa shape index (κ1) is 16.3. The summed E-state index contributed by atoms with van der Waals surface area (Å²) in [4.78, 5) is 18.3. The second-order valence-corrected chi connectivity index (χ2v) is 5.33. The van der Waals surface area contributed by atoms with Crippen LogP contribution in [0.2, 0.25) is 10.3 Å². The minimum absolute atomic E-state index is 0.0723. The minimum atomic E-state index is -0.0723. The van der Waals surface area contributed by atoms with E-state index >= 15 is 0 Å². The van der Waals surface area contributed by atoms with Gasteiger partial charge in [0.1, 0.15) is 10.3 Å². The van der Waals surface area contributed by atoms with Crippen molar-refractivity contribution in [2.24, 2.45) is 0 Å². The zero-order chi connectivity index (χ0) is 14.4. The van der Waals surface area contributed by atoms with Gasteiger partial charge in [-0.2, -0.15) is 0 Å². The maximum atomic E-state index is 12.5. The number of nitrogens with zero attached hydrogens (tertiary/aromatic N) is 2. The number of halogens is 2. The zero-order valence-corrected chi connectivity index (χ0v) is 13.1. The lowest BCUT2D eigenvalue weighted by atomic mass is 10.1. The molecule has 19 heavy (non-hydrogen) atoms. The highest BCUT2D eigenvalue weighted by Crippen LogP contribution is 2.20. The number of hydrogen-bond acceptors (Lipinski definition) is 2. The average Bonchev–Trinajstić information content (AvgIpc) is 2.38. The number of amides is 1. The van der Waals surface area contributed by atoms with Crippen molar-refractivity contribution in [1.82, 2.24) is 9.88 Å². The lowest BCUT2D eigenvalue weighted by Gasteiger charge is -2.28. The van der Waals surface area contributed by atoms with E-state index in [1.54, 1.807) is 12.1 Å². The Morgan fingerprint density at radius 3 is 2.58 bits per heavy atom. The molecule has 106 valence electrons. The number of rotatable bonds is 6. The molecule has 1 unspecified atom stereocenters. The van der Waals surface area contributed by atoms with Gasteiger partial charge >= 0.3 is 0 Å². The molecular weight excluding hydrogens is 283 g/mol. The predicted octanol–water partition coefficient (Wildman–Crippen LogP) is 4.43. The van der Waals surface area contributed by atoms with E-state index in [0.29, 0.717) is 10.7 Å². The Bertz CT molecular complexity index is 437. The van der Waals surface area contributed by atoms with Crippen molar-refractivity contribution in [3.8, 4) is 0 Å². The number of hydrogen-bond donors (Lipinski definition) is 0. The second-order valence-electron chi connectivity index (χ2n) is 4.58. The zero-order valence-electron chi connectivity index (χ0n) is 11.6. The van der Waals surface area contributed by atoms with E-state index in [9.17, 15) is 4.79 Å². The molecule has 0 bridgehead atoms. The van der Waals surface area contributed by atoms with Crippen LogP contribution < -0.4 is 0 Å². The van der Waals surface area contributed by atoms with Crippen molar-refractivity contribution in [3.05, 3.63) is 28.0 Å². The molecule has 0 saturated heterocycles. The van der Waals surface area contributed by atoms with Gasteiger partial charge in [-0.1, -0.05) is 43.5 Å². The Morgan fingerprint density at radius 2 is 2.05 bits per heavy atom. The fourth-order valence-corrected chi connectivity index (χ4v) is 2.22. The second kappa shape index (κ2) is 7.71. The maximum absolute atomic E-state index is 12.5. The van der Waals surface area contributed by atoms with Crippen LogP contribution in [0.1, 0.15) is 50.4 Å². The SMILES string of the molecule is CCCCN(C(=O)c1ccc(Cl)nc1Cl)C(C)CC. The molecule has 0 fully saturated rings. The van der Waals surface area contributed by atoms with Crippen molar-refractivity contribution in [2.75, 3.05) is 6.54 Å². The normalized spacial score (nSPS) is 12.3. The van der Waals surface area contributed by atoms with Crippen LogP contribution in [0.3, 0.4) is 0 Å². The molecule has 0 radical (unpaired) electrons. The van der Waals surface area contributed by atoms with Gasteiger partial charge in [0.2, 0.25) is 0 Å². The summed E-state index contributed by atoms with van der Waals surface area (Å²) in [5, 5.41) is 0.465. The summed E-state index contributed by atoms with van der Waals surface area (Å²) in [7, 11) is 0. The number of carbonyl (C=O) groups excluding carboxylic acids is 1. The van der Waals surface area contributed by atoms with Gasteiger partial charge in [0.25, 0.3) is 5.91 Å². The topological polar surface area (TPSA) is 33.2 Å². The summed E-state index contributed by atoms with van der Waals surface area (Å²) in [5.41, 5.74) is 0.419. The van der Waals surface area contributed by atoms with E-state index in [2.05, 4.69) is 18.8 Å². The first-order valence-electron chi connectivity index (χ1n) is 6.64. The molecule has 1 amide bonds. The summed E-state index contributed by atoms with van der Waals surface area (Å²) >= 11 is 11.8. The molecule has 0 aromatic carbocycles. The third-order valence-corrected chi connectivity index (χ3v) is 3.68. The van der Waals surface area contributed by atoms with Crippen LogP contribution in [-0.4, -0.2) is 28.4 Å². The smallest absolute Gasteiger partial charge is 0.257 e. The van der Waals surface area contributed by atoms with Crippen molar-refractivity contribution < 1.29 is 4.79 Å². The van der Waals surface area contributed by atoms with Gasteiger partial charge < -0.3 is 4.90 Å². The Balaban J connectivity index is 2.97. The predicted molar refractivity (Wildman–Crippen MR) is 80.0 cm³/mol. The van der Waals surface area contributed by atoms with Gasteiger partial charge in [-0.05, 0) is 31.9 Å². The Morgan fingerprint density at radius 1 is 1.37 bits per heavy atom. The number of aromatic nitrogens is 1. The Hall–Kier alpha value is -0.800. The standard InChI is InChI=1S/C14H20Cl2N2O/c1-4-6-9-18(10(3)5-2)14(19)11-7-8-12(15)17-13(11)16/h7-8,10H,4-6,9H2,1-3H3. The van der Waals surface area contributed by atoms with Gasteiger partial charge in [-0.25, -0.2) is 4.98 Å². The van der Waals surface area contributed by atoms with Gasteiger partial charge in [-0.15, -0.1) is 0 Å². The van der Waals surface area contributed by atoms with Crippen LogP contribution in [0, 0.1) is 0 Å². The largest absolute Gasteiger partial charge is 0.336 e. The molecule has 0 N–H and O–H groups in total. The third-order valence-electron chi connectivity index (χ3n) is 3.18. The van der Waals surface area contributed by atoms with E-state index in [1.807, 2.05) is 11.8 Å². The van der Waals surface area contributed by atoms with E-state index < -0.39 is 0 Å². The van der Waals surface area contributed by atoms with Gasteiger partial charge in [0, 0.05) is 12.6 Å². The molecule has 3 nitrogen and oxygen atoms in total. The monoisotopic (exact) mass is 302 g/mol. The Labute approximate surface area is 124 Å². The van der Waals surface area contributed by atoms with Crippen LogP contribution in [-0.2, 0) is 0 Å². The molecule has 1 aromatic rings. The lowest BCUT2D eigenvalue weighted by molar-refractivity contribution is 0.0685. The fraction of sp³-hybridized carbons (Fsp3) is 0.571. The molecule has 0 aliphatic carbocycles. The van der Waals surface area contributed by atoms with Crippen molar-refractivity contribution in [3.63, 3.8) is 0 Å². The van der Waals surface area contributed by atoms with Crippen LogP contribution in [0.5, 0.6) is 0 Å². The average molecular weight is 303 g/mol. The summed E-state index contributed by atoms with van der Waals surface area (Å²) in [6.45, 7) is 6.96.